The van der Waals surface area contributed by atoms with Crippen LogP contribution < -0.4 is 5.32 Å². The van der Waals surface area contributed by atoms with Crippen LogP contribution >= 0.6 is 0 Å². The Bertz CT molecular complexity index is 438. The SMILES string of the molecule is CC1C(=O)NC(=O)CN1C(=O)c1ccoc1. The van der Waals surface area contributed by atoms with E-state index in [4.69, 9.17) is 4.42 Å². The van der Waals surface area contributed by atoms with Crippen LogP contribution in [-0.4, -0.2) is 35.2 Å². The zero-order valence-electron chi connectivity index (χ0n) is 8.60. The summed E-state index contributed by atoms with van der Waals surface area (Å²) in [5.74, 6) is -1.32. The van der Waals surface area contributed by atoms with Crippen molar-refractivity contribution in [1.82, 2.24) is 10.2 Å². The number of imide groups is 1. The van der Waals surface area contributed by atoms with Crippen LogP contribution in [0.25, 0.3) is 0 Å². The summed E-state index contributed by atoms with van der Waals surface area (Å²) in [4.78, 5) is 35.6. The molecule has 1 aliphatic heterocycles. The number of amides is 3. The first-order valence-corrected chi connectivity index (χ1v) is 4.76. The van der Waals surface area contributed by atoms with Crippen molar-refractivity contribution in [1.29, 1.82) is 0 Å². The van der Waals surface area contributed by atoms with Crippen molar-refractivity contribution in [2.75, 3.05) is 6.54 Å². The van der Waals surface area contributed by atoms with Crippen LogP contribution in [0.1, 0.15) is 17.3 Å². The average molecular weight is 222 g/mol. The van der Waals surface area contributed by atoms with Gasteiger partial charge < -0.3 is 9.32 Å². The van der Waals surface area contributed by atoms with E-state index >= 15 is 0 Å². The molecule has 0 aromatic carbocycles. The van der Waals surface area contributed by atoms with Gasteiger partial charge in [0, 0.05) is 0 Å². The van der Waals surface area contributed by atoms with Crippen LogP contribution in [0.15, 0.2) is 23.0 Å². The highest BCUT2D eigenvalue weighted by atomic mass is 16.3. The maximum atomic E-state index is 11.9. The molecule has 0 saturated carbocycles. The number of nitrogens with zero attached hydrogens (tertiary/aromatic N) is 1. The fourth-order valence-electron chi connectivity index (χ4n) is 1.51. The molecular formula is C10H10N2O4. The third-order valence-electron chi connectivity index (χ3n) is 2.45. The number of rotatable bonds is 1. The molecule has 3 amide bonds. The monoisotopic (exact) mass is 222 g/mol. The van der Waals surface area contributed by atoms with Gasteiger partial charge in [-0.25, -0.2) is 0 Å². The fourth-order valence-corrected chi connectivity index (χ4v) is 1.51. The second kappa shape index (κ2) is 3.80. The molecule has 0 bridgehead atoms. The summed E-state index contributed by atoms with van der Waals surface area (Å²) in [6.45, 7) is 1.46. The van der Waals surface area contributed by atoms with Crippen molar-refractivity contribution < 1.29 is 18.8 Å². The van der Waals surface area contributed by atoms with Crippen LogP contribution in [0.4, 0.5) is 0 Å². The lowest BCUT2D eigenvalue weighted by atomic mass is 10.1. The van der Waals surface area contributed by atoms with Crippen LogP contribution in [0, 0.1) is 0 Å². The van der Waals surface area contributed by atoms with E-state index in [0.29, 0.717) is 5.56 Å². The summed E-state index contributed by atoms with van der Waals surface area (Å²) in [5.41, 5.74) is 0.328. The van der Waals surface area contributed by atoms with Crippen molar-refractivity contribution in [3.05, 3.63) is 24.2 Å². The van der Waals surface area contributed by atoms with Gasteiger partial charge in [0.1, 0.15) is 18.8 Å². The lowest BCUT2D eigenvalue weighted by Crippen LogP contribution is -2.58. The van der Waals surface area contributed by atoms with E-state index in [-0.39, 0.29) is 12.5 Å². The smallest absolute Gasteiger partial charge is 0.258 e. The van der Waals surface area contributed by atoms with Crippen LogP contribution in [0.3, 0.4) is 0 Å². The number of hydrogen-bond donors (Lipinski definition) is 1. The molecule has 1 aromatic heterocycles. The van der Waals surface area contributed by atoms with Crippen molar-refractivity contribution in [2.45, 2.75) is 13.0 Å². The molecule has 1 N–H and O–H groups in total. The van der Waals surface area contributed by atoms with E-state index in [1.165, 1.54) is 23.5 Å². The number of nitrogens with one attached hydrogen (secondary N) is 1. The molecule has 0 radical (unpaired) electrons. The Hall–Kier alpha value is -2.11. The van der Waals surface area contributed by atoms with Crippen LogP contribution in [0.5, 0.6) is 0 Å². The van der Waals surface area contributed by atoms with E-state index in [1.807, 2.05) is 0 Å². The van der Waals surface area contributed by atoms with Crippen molar-refractivity contribution >= 4 is 17.7 Å². The molecule has 0 aliphatic carbocycles. The molecule has 2 heterocycles. The second-order valence-electron chi connectivity index (χ2n) is 3.53. The Morgan fingerprint density at radius 1 is 1.56 bits per heavy atom. The third-order valence-corrected chi connectivity index (χ3v) is 2.45. The summed E-state index contributed by atoms with van der Waals surface area (Å²) in [6.07, 6.45) is 2.65. The van der Waals surface area contributed by atoms with Crippen molar-refractivity contribution in [2.24, 2.45) is 0 Å². The number of piperazine rings is 1. The summed E-state index contributed by atoms with van der Waals surface area (Å²) in [7, 11) is 0. The highest BCUT2D eigenvalue weighted by Gasteiger charge is 2.34. The van der Waals surface area contributed by atoms with Gasteiger partial charge in [-0.15, -0.1) is 0 Å². The van der Waals surface area contributed by atoms with Gasteiger partial charge in [0.25, 0.3) is 5.91 Å². The third kappa shape index (κ3) is 1.69. The second-order valence-corrected chi connectivity index (χ2v) is 3.53. The Morgan fingerprint density at radius 2 is 2.31 bits per heavy atom. The molecule has 1 unspecified atom stereocenters. The molecule has 16 heavy (non-hydrogen) atoms. The van der Waals surface area contributed by atoms with Gasteiger partial charge in [0.15, 0.2) is 0 Å². The average Bonchev–Trinajstić information content (AvgIpc) is 2.75. The standard InChI is InChI=1S/C10H10N2O4/c1-6-9(14)11-8(13)4-12(6)10(15)7-2-3-16-5-7/h2-3,5-6H,4H2,1H3,(H,11,13,14). The number of carbonyl (C=O) groups excluding carboxylic acids is 3. The maximum Gasteiger partial charge on any atom is 0.258 e. The molecule has 6 heteroatoms. The van der Waals surface area contributed by atoms with E-state index in [9.17, 15) is 14.4 Å². The van der Waals surface area contributed by atoms with Gasteiger partial charge in [-0.1, -0.05) is 0 Å². The Morgan fingerprint density at radius 3 is 2.94 bits per heavy atom. The largest absolute Gasteiger partial charge is 0.472 e. The molecular weight excluding hydrogens is 212 g/mol. The number of hydrogen-bond acceptors (Lipinski definition) is 4. The molecule has 0 spiro atoms. The number of furan rings is 1. The first kappa shape index (κ1) is 10.4. The Kier molecular flexibility index (Phi) is 2.47. The maximum absolute atomic E-state index is 11.9. The minimum absolute atomic E-state index is 0.114. The van der Waals surface area contributed by atoms with Crippen molar-refractivity contribution in [3.8, 4) is 0 Å². The zero-order chi connectivity index (χ0) is 11.7. The summed E-state index contributed by atoms with van der Waals surface area (Å²) in [5, 5.41) is 2.16. The Labute approximate surface area is 91.2 Å². The van der Waals surface area contributed by atoms with Gasteiger partial charge in [0.2, 0.25) is 11.8 Å². The first-order chi connectivity index (χ1) is 7.59. The van der Waals surface area contributed by atoms with Gasteiger partial charge >= 0.3 is 0 Å². The molecule has 84 valence electrons. The summed E-state index contributed by atoms with van der Waals surface area (Å²) >= 11 is 0. The lowest BCUT2D eigenvalue weighted by molar-refractivity contribution is -0.138. The number of carbonyl (C=O) groups is 3. The quantitative estimate of drug-likeness (QED) is 0.665. The minimum atomic E-state index is -0.653. The lowest BCUT2D eigenvalue weighted by Gasteiger charge is -2.31. The van der Waals surface area contributed by atoms with Gasteiger partial charge in [0.05, 0.1) is 11.8 Å². The van der Waals surface area contributed by atoms with E-state index in [2.05, 4.69) is 5.32 Å². The highest BCUT2D eigenvalue weighted by molar-refractivity contribution is 6.06. The van der Waals surface area contributed by atoms with Crippen LogP contribution in [0.2, 0.25) is 0 Å². The normalized spacial score (nSPS) is 20.8. The van der Waals surface area contributed by atoms with Crippen molar-refractivity contribution in [3.63, 3.8) is 0 Å². The Balaban J connectivity index is 2.23. The van der Waals surface area contributed by atoms with Gasteiger partial charge in [-0.2, -0.15) is 0 Å². The minimum Gasteiger partial charge on any atom is -0.472 e. The molecule has 1 fully saturated rings. The molecule has 6 nitrogen and oxygen atoms in total. The highest BCUT2D eigenvalue weighted by Crippen LogP contribution is 2.11. The van der Waals surface area contributed by atoms with E-state index < -0.39 is 17.9 Å². The molecule has 1 aromatic rings. The topological polar surface area (TPSA) is 79.6 Å². The fraction of sp³-hybridized carbons (Fsp3) is 0.300. The van der Waals surface area contributed by atoms with E-state index in [1.54, 1.807) is 6.92 Å². The zero-order valence-corrected chi connectivity index (χ0v) is 8.60. The summed E-state index contributed by atoms with van der Waals surface area (Å²) < 4.78 is 4.78. The summed E-state index contributed by atoms with van der Waals surface area (Å²) in [6, 6.07) is 0.839. The predicted octanol–water partition coefficient (Wildman–Crippen LogP) is -0.233. The predicted molar refractivity (Wildman–Crippen MR) is 52.4 cm³/mol. The molecule has 1 aliphatic rings. The molecule has 1 saturated heterocycles. The first-order valence-electron chi connectivity index (χ1n) is 4.76. The molecule has 2 rings (SSSR count). The van der Waals surface area contributed by atoms with E-state index in [0.717, 1.165) is 0 Å². The molecule has 1 atom stereocenters. The van der Waals surface area contributed by atoms with Crippen LogP contribution in [-0.2, 0) is 9.59 Å². The van der Waals surface area contributed by atoms with Gasteiger partial charge in [-0.3, -0.25) is 19.7 Å². The van der Waals surface area contributed by atoms with Gasteiger partial charge in [-0.05, 0) is 13.0 Å².